The third kappa shape index (κ3) is 3.49. The fourth-order valence-electron chi connectivity index (χ4n) is 2.51. The summed E-state index contributed by atoms with van der Waals surface area (Å²) < 4.78 is 5.57. The Hall–Kier alpha value is -2.15. The molecule has 7 nitrogen and oxygen atoms in total. The Kier molecular flexibility index (Phi) is 4.42. The molecule has 3 N–H and O–H groups in total. The minimum absolute atomic E-state index is 0.0813. The molecule has 1 fully saturated rings. The summed E-state index contributed by atoms with van der Waals surface area (Å²) in [5.74, 6) is -0.240. The van der Waals surface area contributed by atoms with Crippen LogP contribution in [0.3, 0.4) is 0 Å². The molecule has 1 amide bonds. The average Bonchev–Trinajstić information content (AvgIpc) is 2.91. The normalized spacial score (nSPS) is 16.5. The van der Waals surface area contributed by atoms with Gasteiger partial charge in [-0.2, -0.15) is 0 Å². The highest BCUT2D eigenvalue weighted by Crippen LogP contribution is 2.32. The molecule has 1 aliphatic carbocycles. The molecule has 0 radical (unpaired) electrons. The molecule has 21 heavy (non-hydrogen) atoms. The van der Waals surface area contributed by atoms with E-state index in [4.69, 9.17) is 10.5 Å². The van der Waals surface area contributed by atoms with E-state index >= 15 is 0 Å². The van der Waals surface area contributed by atoms with E-state index in [1.54, 1.807) is 0 Å². The predicted octanol–water partition coefficient (Wildman–Crippen LogP) is 1.60. The third-order valence-corrected chi connectivity index (χ3v) is 3.76. The van der Waals surface area contributed by atoms with Crippen molar-refractivity contribution in [2.24, 2.45) is 5.73 Å². The molecule has 2 rings (SSSR count). The smallest absolute Gasteiger partial charge is 0.310 e. The first-order chi connectivity index (χ1) is 9.95. The number of nitrogens with zero attached hydrogens (tertiary/aromatic N) is 1. The maximum absolute atomic E-state index is 11.6. The van der Waals surface area contributed by atoms with E-state index in [1.807, 2.05) is 0 Å². The number of nitrogens with two attached hydrogens (primary N) is 1. The van der Waals surface area contributed by atoms with Crippen molar-refractivity contribution in [3.63, 3.8) is 0 Å². The molecule has 0 aromatic heterocycles. The van der Waals surface area contributed by atoms with Crippen LogP contribution in [0.25, 0.3) is 0 Å². The standard InChI is InChI=1S/C14H19N3O4/c1-16-13(18)10-4-5-11(17(19)20)12(8-10)21-9-14(15)6-2-3-7-14/h4-5,8H,2-3,6-7,9,15H2,1H3,(H,16,18). The van der Waals surface area contributed by atoms with Crippen LogP contribution < -0.4 is 15.8 Å². The average molecular weight is 293 g/mol. The predicted molar refractivity (Wildman–Crippen MR) is 77.4 cm³/mol. The van der Waals surface area contributed by atoms with Gasteiger partial charge in [-0.3, -0.25) is 14.9 Å². The number of carbonyl (C=O) groups is 1. The lowest BCUT2D eigenvalue weighted by Gasteiger charge is -2.23. The summed E-state index contributed by atoms with van der Waals surface area (Å²) in [7, 11) is 1.50. The molecule has 1 aliphatic rings. The summed E-state index contributed by atoms with van der Waals surface area (Å²) in [5, 5.41) is 13.5. The molecule has 0 heterocycles. The second-order valence-electron chi connectivity index (χ2n) is 5.38. The van der Waals surface area contributed by atoms with Crippen LogP contribution in [0.1, 0.15) is 36.0 Å². The van der Waals surface area contributed by atoms with Crippen molar-refractivity contribution in [2.45, 2.75) is 31.2 Å². The van der Waals surface area contributed by atoms with Gasteiger partial charge in [-0.1, -0.05) is 12.8 Å². The maximum atomic E-state index is 11.6. The summed E-state index contributed by atoms with van der Waals surface area (Å²) in [6.07, 6.45) is 3.77. The van der Waals surface area contributed by atoms with Gasteiger partial charge in [-0.25, -0.2) is 0 Å². The zero-order chi connectivity index (χ0) is 15.5. The van der Waals surface area contributed by atoms with Gasteiger partial charge in [-0.05, 0) is 18.9 Å². The highest BCUT2D eigenvalue weighted by Gasteiger charge is 2.31. The fourth-order valence-corrected chi connectivity index (χ4v) is 2.51. The van der Waals surface area contributed by atoms with Gasteiger partial charge in [0.05, 0.1) is 10.5 Å². The zero-order valence-electron chi connectivity index (χ0n) is 11.9. The van der Waals surface area contributed by atoms with Crippen molar-refractivity contribution in [3.05, 3.63) is 33.9 Å². The minimum atomic E-state index is -0.527. The van der Waals surface area contributed by atoms with Crippen LogP contribution >= 0.6 is 0 Å². The topological polar surface area (TPSA) is 107 Å². The third-order valence-electron chi connectivity index (χ3n) is 3.76. The first-order valence-electron chi connectivity index (χ1n) is 6.87. The van der Waals surface area contributed by atoms with Gasteiger partial charge in [-0.15, -0.1) is 0 Å². The first-order valence-corrected chi connectivity index (χ1v) is 6.87. The monoisotopic (exact) mass is 293 g/mol. The number of benzene rings is 1. The highest BCUT2D eigenvalue weighted by atomic mass is 16.6. The highest BCUT2D eigenvalue weighted by molar-refractivity contribution is 5.94. The van der Waals surface area contributed by atoms with E-state index in [-0.39, 0.29) is 24.0 Å². The van der Waals surface area contributed by atoms with Gasteiger partial charge < -0.3 is 15.8 Å². The molecule has 0 atom stereocenters. The lowest BCUT2D eigenvalue weighted by atomic mass is 10.0. The summed E-state index contributed by atoms with van der Waals surface area (Å²) in [5.41, 5.74) is 5.90. The molecule has 0 spiro atoms. The molecule has 1 aromatic rings. The molecule has 0 saturated heterocycles. The van der Waals surface area contributed by atoms with E-state index in [0.29, 0.717) is 5.56 Å². The van der Waals surface area contributed by atoms with Gasteiger partial charge in [0.25, 0.3) is 5.91 Å². The number of hydrogen-bond donors (Lipinski definition) is 2. The van der Waals surface area contributed by atoms with E-state index < -0.39 is 10.5 Å². The van der Waals surface area contributed by atoms with Crippen LogP contribution in [-0.2, 0) is 0 Å². The second-order valence-corrected chi connectivity index (χ2v) is 5.38. The summed E-state index contributed by atoms with van der Waals surface area (Å²) in [6.45, 7) is 0.213. The van der Waals surface area contributed by atoms with E-state index in [9.17, 15) is 14.9 Å². The Morgan fingerprint density at radius 2 is 2.14 bits per heavy atom. The van der Waals surface area contributed by atoms with Crippen LogP contribution in [0.2, 0.25) is 0 Å². The molecule has 1 saturated carbocycles. The van der Waals surface area contributed by atoms with Crippen LogP contribution in [-0.4, -0.2) is 30.0 Å². The van der Waals surface area contributed by atoms with Crippen molar-refractivity contribution in [1.82, 2.24) is 5.32 Å². The van der Waals surface area contributed by atoms with Gasteiger partial charge in [0.15, 0.2) is 5.75 Å². The number of carbonyl (C=O) groups excluding carboxylic acids is 1. The summed E-state index contributed by atoms with van der Waals surface area (Å²) in [4.78, 5) is 22.1. The quantitative estimate of drug-likeness (QED) is 0.633. The molecule has 1 aromatic carbocycles. The van der Waals surface area contributed by atoms with Crippen LogP contribution in [0.4, 0.5) is 5.69 Å². The van der Waals surface area contributed by atoms with Crippen molar-refractivity contribution >= 4 is 11.6 Å². The second kappa shape index (κ2) is 6.09. The number of amides is 1. The van der Waals surface area contributed by atoms with Crippen LogP contribution in [0.5, 0.6) is 5.75 Å². The Labute approximate surface area is 122 Å². The molecule has 0 unspecified atom stereocenters. The summed E-state index contributed by atoms with van der Waals surface area (Å²) >= 11 is 0. The SMILES string of the molecule is CNC(=O)c1ccc([N+](=O)[O-])c(OCC2(N)CCCC2)c1. The number of ether oxygens (including phenoxy) is 1. The number of nitro benzene ring substituents is 1. The lowest BCUT2D eigenvalue weighted by Crippen LogP contribution is -2.42. The van der Waals surface area contributed by atoms with Crippen LogP contribution in [0.15, 0.2) is 18.2 Å². The van der Waals surface area contributed by atoms with Gasteiger partial charge in [0.2, 0.25) is 0 Å². The van der Waals surface area contributed by atoms with E-state index in [2.05, 4.69) is 5.32 Å². The number of hydrogen-bond acceptors (Lipinski definition) is 5. The molecule has 7 heteroatoms. The van der Waals surface area contributed by atoms with Crippen molar-refractivity contribution in [1.29, 1.82) is 0 Å². The fraction of sp³-hybridized carbons (Fsp3) is 0.500. The molecule has 0 bridgehead atoms. The lowest BCUT2D eigenvalue weighted by molar-refractivity contribution is -0.385. The summed E-state index contributed by atoms with van der Waals surface area (Å²) in [6, 6.07) is 4.06. The van der Waals surface area contributed by atoms with Gasteiger partial charge in [0, 0.05) is 24.7 Å². The van der Waals surface area contributed by atoms with Gasteiger partial charge in [0.1, 0.15) is 6.61 Å². The number of nitrogens with one attached hydrogen (secondary N) is 1. The van der Waals surface area contributed by atoms with E-state index in [1.165, 1.54) is 25.2 Å². The Morgan fingerprint density at radius 3 is 2.71 bits per heavy atom. The largest absolute Gasteiger partial charge is 0.485 e. The zero-order valence-corrected chi connectivity index (χ0v) is 11.9. The Bertz CT molecular complexity index is 553. The van der Waals surface area contributed by atoms with Crippen molar-refractivity contribution in [2.75, 3.05) is 13.7 Å². The molecular formula is C14H19N3O4. The Morgan fingerprint density at radius 1 is 1.48 bits per heavy atom. The molecular weight excluding hydrogens is 274 g/mol. The minimum Gasteiger partial charge on any atom is -0.485 e. The number of nitro groups is 1. The van der Waals surface area contributed by atoms with Crippen molar-refractivity contribution in [3.8, 4) is 5.75 Å². The first kappa shape index (κ1) is 15.2. The molecule has 114 valence electrons. The Balaban J connectivity index is 2.22. The van der Waals surface area contributed by atoms with E-state index in [0.717, 1.165) is 25.7 Å². The van der Waals surface area contributed by atoms with Gasteiger partial charge >= 0.3 is 5.69 Å². The molecule has 0 aliphatic heterocycles. The van der Waals surface area contributed by atoms with Crippen LogP contribution in [0, 0.1) is 10.1 Å². The maximum Gasteiger partial charge on any atom is 0.310 e. The van der Waals surface area contributed by atoms with Crippen molar-refractivity contribution < 1.29 is 14.5 Å². The number of rotatable bonds is 5.